The van der Waals surface area contributed by atoms with Gasteiger partial charge in [-0.05, 0) is 35.9 Å². The summed E-state index contributed by atoms with van der Waals surface area (Å²) >= 11 is 0. The van der Waals surface area contributed by atoms with E-state index < -0.39 is 15.9 Å². The van der Waals surface area contributed by atoms with E-state index in [2.05, 4.69) is 5.32 Å². The van der Waals surface area contributed by atoms with E-state index in [0.29, 0.717) is 16.5 Å². The third-order valence-electron chi connectivity index (χ3n) is 3.84. The second kappa shape index (κ2) is 7.56. The lowest BCUT2D eigenvalue weighted by Crippen LogP contribution is -2.20. The van der Waals surface area contributed by atoms with Crippen LogP contribution in [0.25, 0.3) is 17.0 Å². The summed E-state index contributed by atoms with van der Waals surface area (Å²) in [7, 11) is -3.75. The Morgan fingerprint density at radius 3 is 2.52 bits per heavy atom. The largest absolute Gasteiger partial charge is 0.463 e. The monoisotopic (exact) mass is 384 g/mol. The molecule has 7 nitrogen and oxygen atoms in total. The van der Waals surface area contributed by atoms with Gasteiger partial charge in [0.15, 0.2) is 5.43 Å². The number of rotatable bonds is 5. The van der Waals surface area contributed by atoms with Crippen LogP contribution in [0.3, 0.4) is 0 Å². The van der Waals surface area contributed by atoms with Gasteiger partial charge in [-0.1, -0.05) is 24.3 Å². The van der Waals surface area contributed by atoms with Crippen LogP contribution < -0.4 is 15.9 Å². The van der Waals surface area contributed by atoms with Crippen molar-refractivity contribution in [3.05, 3.63) is 82.2 Å². The van der Waals surface area contributed by atoms with Gasteiger partial charge in [-0.25, -0.2) is 13.6 Å². The fraction of sp³-hybridized carbons (Fsp3) is 0.0526. The topological polar surface area (TPSA) is 119 Å². The van der Waals surface area contributed by atoms with Gasteiger partial charge in [0.05, 0.1) is 15.8 Å². The fourth-order valence-corrected chi connectivity index (χ4v) is 2.93. The zero-order valence-corrected chi connectivity index (χ0v) is 14.9. The molecule has 138 valence electrons. The Morgan fingerprint density at radius 2 is 1.81 bits per heavy atom. The molecule has 0 unspecified atom stereocenters. The van der Waals surface area contributed by atoms with Gasteiger partial charge in [-0.3, -0.25) is 9.59 Å². The summed E-state index contributed by atoms with van der Waals surface area (Å²) in [6.45, 7) is 0.195. The molecular formula is C19H16N2O5S. The highest BCUT2D eigenvalue weighted by Crippen LogP contribution is 2.11. The normalized spacial score (nSPS) is 11.7. The van der Waals surface area contributed by atoms with E-state index in [-0.39, 0.29) is 22.4 Å². The van der Waals surface area contributed by atoms with Crippen molar-refractivity contribution in [2.24, 2.45) is 5.14 Å². The van der Waals surface area contributed by atoms with Gasteiger partial charge in [0, 0.05) is 12.6 Å². The molecule has 0 radical (unpaired) electrons. The summed E-state index contributed by atoms with van der Waals surface area (Å²) in [5, 5.41) is 8.12. The minimum Gasteiger partial charge on any atom is -0.463 e. The maximum absolute atomic E-state index is 12.3. The van der Waals surface area contributed by atoms with Crippen molar-refractivity contribution in [3.63, 3.8) is 0 Å². The summed E-state index contributed by atoms with van der Waals surface area (Å²) < 4.78 is 27.8. The van der Waals surface area contributed by atoms with Crippen LogP contribution in [0.1, 0.15) is 11.1 Å². The minimum absolute atomic E-state index is 0.000465. The van der Waals surface area contributed by atoms with Crippen molar-refractivity contribution >= 4 is 33.0 Å². The quantitative estimate of drug-likeness (QED) is 0.650. The number of hydrogen-bond acceptors (Lipinski definition) is 5. The third kappa shape index (κ3) is 4.49. The minimum atomic E-state index is -3.75. The molecule has 27 heavy (non-hydrogen) atoms. The number of fused-ring (bicyclic) bond motifs is 1. The van der Waals surface area contributed by atoms with Crippen LogP contribution in [0, 0.1) is 0 Å². The number of primary sulfonamides is 1. The molecule has 0 spiro atoms. The van der Waals surface area contributed by atoms with Crippen molar-refractivity contribution in [2.45, 2.75) is 11.4 Å². The lowest BCUT2D eigenvalue weighted by atomic mass is 10.1. The van der Waals surface area contributed by atoms with Gasteiger partial charge < -0.3 is 9.73 Å². The molecule has 2 aromatic carbocycles. The van der Waals surface area contributed by atoms with Crippen molar-refractivity contribution in [2.75, 3.05) is 0 Å². The third-order valence-corrected chi connectivity index (χ3v) is 4.77. The van der Waals surface area contributed by atoms with E-state index in [1.807, 2.05) is 0 Å². The highest BCUT2D eigenvalue weighted by molar-refractivity contribution is 7.89. The molecule has 0 fully saturated rings. The number of amides is 1. The van der Waals surface area contributed by atoms with Crippen molar-refractivity contribution in [1.82, 2.24) is 5.32 Å². The summed E-state index contributed by atoms with van der Waals surface area (Å²) in [4.78, 5) is 24.3. The van der Waals surface area contributed by atoms with Gasteiger partial charge in [0.2, 0.25) is 15.9 Å². The van der Waals surface area contributed by atoms with Crippen LogP contribution in [0.15, 0.2) is 75.0 Å². The number of nitrogens with two attached hydrogens (primary N) is 1. The predicted octanol–water partition coefficient (Wildman–Crippen LogP) is 1.77. The molecule has 0 aliphatic carbocycles. The fourth-order valence-electron chi connectivity index (χ4n) is 2.42. The molecule has 1 heterocycles. The van der Waals surface area contributed by atoms with Crippen LogP contribution in [0.4, 0.5) is 0 Å². The molecule has 1 aromatic heterocycles. The predicted molar refractivity (Wildman–Crippen MR) is 101 cm³/mol. The molecule has 0 saturated carbocycles. The number of para-hydroxylation sites is 1. The molecule has 0 aliphatic rings. The molecule has 0 atom stereocenters. The first-order chi connectivity index (χ1) is 12.8. The van der Waals surface area contributed by atoms with Gasteiger partial charge >= 0.3 is 0 Å². The molecule has 1 amide bonds. The van der Waals surface area contributed by atoms with Crippen molar-refractivity contribution in [3.8, 4) is 0 Å². The molecule has 0 aliphatic heterocycles. The number of sulfonamides is 1. The molecule has 8 heteroatoms. The van der Waals surface area contributed by atoms with E-state index in [1.54, 1.807) is 36.4 Å². The Hall–Kier alpha value is -3.23. The van der Waals surface area contributed by atoms with Gasteiger partial charge in [0.25, 0.3) is 0 Å². The molecular weight excluding hydrogens is 368 g/mol. The Labute approximate surface area is 155 Å². The Morgan fingerprint density at radius 1 is 1.11 bits per heavy atom. The summed E-state index contributed by atoms with van der Waals surface area (Å²) in [6, 6.07) is 12.7. The van der Waals surface area contributed by atoms with E-state index in [1.165, 1.54) is 30.5 Å². The van der Waals surface area contributed by atoms with Crippen LogP contribution in [-0.2, 0) is 21.4 Å². The number of nitrogens with one attached hydrogen (secondary N) is 1. The second-order valence-electron chi connectivity index (χ2n) is 5.76. The summed E-state index contributed by atoms with van der Waals surface area (Å²) in [6.07, 6.45) is 3.93. The summed E-state index contributed by atoms with van der Waals surface area (Å²) in [5.74, 6) is -0.405. The van der Waals surface area contributed by atoms with Crippen LogP contribution in [0.2, 0.25) is 0 Å². The van der Waals surface area contributed by atoms with Gasteiger partial charge in [-0.2, -0.15) is 0 Å². The first-order valence-electron chi connectivity index (χ1n) is 7.93. The van der Waals surface area contributed by atoms with Gasteiger partial charge in [-0.15, -0.1) is 0 Å². The average molecular weight is 384 g/mol. The van der Waals surface area contributed by atoms with Gasteiger partial charge in [0.1, 0.15) is 11.8 Å². The Kier molecular flexibility index (Phi) is 5.20. The maximum Gasteiger partial charge on any atom is 0.244 e. The number of carbonyl (C=O) groups excluding carboxylic acids is 1. The Bertz CT molecular complexity index is 1180. The smallest absolute Gasteiger partial charge is 0.244 e. The first kappa shape index (κ1) is 18.6. The maximum atomic E-state index is 12.3. The molecule has 3 aromatic rings. The summed E-state index contributed by atoms with van der Waals surface area (Å²) in [5.41, 5.74) is 1.22. The zero-order valence-electron chi connectivity index (χ0n) is 14.1. The standard InChI is InChI=1S/C19H16N2O5S/c20-27(24,25)15-8-5-13(6-9-15)11-21-18(22)10-7-14-12-26-17-4-2-1-3-16(17)19(14)23/h1-10,12H,11H2,(H,21,22)(H2,20,24,25)/b10-7+. The number of benzene rings is 2. The molecule has 3 rings (SSSR count). The van der Waals surface area contributed by atoms with E-state index in [0.717, 1.165) is 0 Å². The highest BCUT2D eigenvalue weighted by Gasteiger charge is 2.07. The molecule has 3 N–H and O–H groups in total. The van der Waals surface area contributed by atoms with Crippen molar-refractivity contribution < 1.29 is 17.6 Å². The Balaban J connectivity index is 1.66. The number of hydrogen-bond donors (Lipinski definition) is 2. The zero-order chi connectivity index (χ0) is 19.4. The lowest BCUT2D eigenvalue weighted by molar-refractivity contribution is -0.116. The second-order valence-corrected chi connectivity index (χ2v) is 7.32. The molecule has 0 bridgehead atoms. The van der Waals surface area contributed by atoms with Crippen LogP contribution in [-0.4, -0.2) is 14.3 Å². The van der Waals surface area contributed by atoms with Crippen molar-refractivity contribution in [1.29, 1.82) is 0 Å². The number of carbonyl (C=O) groups is 1. The SMILES string of the molecule is NS(=O)(=O)c1ccc(CNC(=O)/C=C/c2coc3ccccc3c2=O)cc1. The average Bonchev–Trinajstić information content (AvgIpc) is 2.65. The van der Waals surface area contributed by atoms with Crippen LogP contribution >= 0.6 is 0 Å². The lowest BCUT2D eigenvalue weighted by Gasteiger charge is -2.04. The highest BCUT2D eigenvalue weighted by atomic mass is 32.2. The van der Waals surface area contributed by atoms with E-state index in [9.17, 15) is 18.0 Å². The molecule has 0 saturated heterocycles. The van der Waals surface area contributed by atoms with Crippen LogP contribution in [0.5, 0.6) is 0 Å². The van der Waals surface area contributed by atoms with E-state index in [4.69, 9.17) is 9.56 Å². The first-order valence-corrected chi connectivity index (χ1v) is 9.47. The van der Waals surface area contributed by atoms with E-state index >= 15 is 0 Å².